The number of benzene rings is 2. The number of nitrogens with zero attached hydrogens (tertiary/aromatic N) is 1. The van der Waals surface area contributed by atoms with Crippen LogP contribution < -0.4 is 14.2 Å². The third kappa shape index (κ3) is 2.84. The van der Waals surface area contributed by atoms with Crippen LogP contribution in [0.15, 0.2) is 36.4 Å². The molecule has 0 spiro atoms. The number of carbonyl (C=O) groups is 3. The standard InChI is InChI=1S/C19H15NO7/c1-24-14-8-11(9-15-16(14)26-7-6-25-15)19(23)27-10-20-17(21)12-4-2-3-5-13(12)18(20)22/h2-5,8-9H,6-7,10H2,1H3. The van der Waals surface area contributed by atoms with Gasteiger partial charge in [-0.3, -0.25) is 9.59 Å². The molecular weight excluding hydrogens is 354 g/mol. The van der Waals surface area contributed by atoms with Crippen LogP contribution in [0.3, 0.4) is 0 Å². The molecule has 8 heteroatoms. The van der Waals surface area contributed by atoms with Gasteiger partial charge in [-0.2, -0.15) is 0 Å². The van der Waals surface area contributed by atoms with Gasteiger partial charge in [-0.15, -0.1) is 0 Å². The van der Waals surface area contributed by atoms with E-state index in [0.717, 1.165) is 4.90 Å². The molecule has 0 aliphatic carbocycles. The van der Waals surface area contributed by atoms with Gasteiger partial charge in [0.25, 0.3) is 11.8 Å². The normalized spacial score (nSPS) is 14.8. The van der Waals surface area contributed by atoms with Gasteiger partial charge in [-0.05, 0) is 24.3 Å². The Hall–Kier alpha value is -3.55. The summed E-state index contributed by atoms with van der Waals surface area (Å²) in [4.78, 5) is 37.9. The SMILES string of the molecule is COc1cc(C(=O)OCN2C(=O)c3ccccc3C2=O)cc2c1OCCO2. The van der Waals surface area contributed by atoms with Gasteiger partial charge in [0, 0.05) is 0 Å². The smallest absolute Gasteiger partial charge is 0.340 e. The minimum Gasteiger partial charge on any atom is -0.493 e. The van der Waals surface area contributed by atoms with Gasteiger partial charge in [-0.25, -0.2) is 9.69 Å². The second kappa shape index (κ2) is 6.64. The van der Waals surface area contributed by atoms with E-state index >= 15 is 0 Å². The number of fused-ring (bicyclic) bond motifs is 2. The van der Waals surface area contributed by atoms with Gasteiger partial charge in [-0.1, -0.05) is 12.1 Å². The van der Waals surface area contributed by atoms with E-state index in [1.807, 2.05) is 0 Å². The number of hydrogen-bond donors (Lipinski definition) is 0. The molecule has 2 aliphatic heterocycles. The van der Waals surface area contributed by atoms with Gasteiger partial charge in [0.05, 0.1) is 23.8 Å². The van der Waals surface area contributed by atoms with Crippen molar-refractivity contribution in [2.24, 2.45) is 0 Å². The zero-order chi connectivity index (χ0) is 19.0. The monoisotopic (exact) mass is 369 g/mol. The molecule has 0 unspecified atom stereocenters. The van der Waals surface area contributed by atoms with Crippen LogP contribution >= 0.6 is 0 Å². The van der Waals surface area contributed by atoms with Gasteiger partial charge < -0.3 is 18.9 Å². The Balaban J connectivity index is 1.51. The van der Waals surface area contributed by atoms with Crippen molar-refractivity contribution >= 4 is 17.8 Å². The van der Waals surface area contributed by atoms with Crippen LogP contribution in [-0.4, -0.2) is 49.7 Å². The molecule has 0 fully saturated rings. The number of hydrogen-bond acceptors (Lipinski definition) is 7. The Labute approximate surface area is 154 Å². The predicted octanol–water partition coefficient (Wildman–Crippen LogP) is 1.88. The van der Waals surface area contributed by atoms with Crippen LogP contribution in [0.5, 0.6) is 17.2 Å². The summed E-state index contributed by atoms with van der Waals surface area (Å²) in [6.07, 6.45) is 0. The maximum atomic E-state index is 12.4. The second-order valence-corrected chi connectivity index (χ2v) is 5.85. The van der Waals surface area contributed by atoms with Crippen molar-refractivity contribution in [3.63, 3.8) is 0 Å². The van der Waals surface area contributed by atoms with E-state index in [1.54, 1.807) is 24.3 Å². The number of carbonyl (C=O) groups excluding carboxylic acids is 3. The van der Waals surface area contributed by atoms with E-state index in [1.165, 1.54) is 19.2 Å². The first-order valence-electron chi connectivity index (χ1n) is 8.20. The van der Waals surface area contributed by atoms with Crippen LogP contribution in [0.4, 0.5) is 0 Å². The molecule has 2 aromatic rings. The molecule has 2 aromatic carbocycles. The first-order chi connectivity index (χ1) is 13.1. The lowest BCUT2D eigenvalue weighted by Crippen LogP contribution is -2.33. The van der Waals surface area contributed by atoms with E-state index in [2.05, 4.69) is 0 Å². The third-order valence-electron chi connectivity index (χ3n) is 4.27. The summed E-state index contributed by atoms with van der Waals surface area (Å²) in [7, 11) is 1.45. The fourth-order valence-electron chi connectivity index (χ4n) is 2.95. The highest BCUT2D eigenvalue weighted by Gasteiger charge is 2.36. The summed E-state index contributed by atoms with van der Waals surface area (Å²) in [6.45, 7) is 0.249. The average molecular weight is 369 g/mol. The molecule has 2 amide bonds. The molecule has 0 radical (unpaired) electrons. The number of ether oxygens (including phenoxy) is 4. The largest absolute Gasteiger partial charge is 0.493 e. The molecule has 27 heavy (non-hydrogen) atoms. The summed E-state index contributed by atoms with van der Waals surface area (Å²) in [6, 6.07) is 9.38. The van der Waals surface area contributed by atoms with Crippen LogP contribution in [0.1, 0.15) is 31.1 Å². The van der Waals surface area contributed by atoms with E-state index < -0.39 is 24.5 Å². The molecule has 0 saturated heterocycles. The fraction of sp³-hybridized carbons (Fsp3) is 0.211. The highest BCUT2D eigenvalue weighted by Crippen LogP contribution is 2.40. The van der Waals surface area contributed by atoms with Gasteiger partial charge in [0.15, 0.2) is 18.2 Å². The average Bonchev–Trinajstić information content (AvgIpc) is 2.95. The fourth-order valence-corrected chi connectivity index (χ4v) is 2.95. The minimum atomic E-state index is -0.721. The first kappa shape index (κ1) is 16.9. The Morgan fingerprint density at radius 1 is 1.07 bits per heavy atom. The van der Waals surface area contributed by atoms with Crippen LogP contribution in [0.2, 0.25) is 0 Å². The zero-order valence-corrected chi connectivity index (χ0v) is 14.4. The molecule has 0 bridgehead atoms. The number of esters is 1. The first-order valence-corrected chi connectivity index (χ1v) is 8.20. The van der Waals surface area contributed by atoms with E-state index in [9.17, 15) is 14.4 Å². The predicted molar refractivity (Wildman–Crippen MR) is 91.2 cm³/mol. The minimum absolute atomic E-state index is 0.160. The molecule has 2 heterocycles. The van der Waals surface area contributed by atoms with Crippen molar-refractivity contribution in [1.29, 1.82) is 0 Å². The molecular formula is C19H15NO7. The molecule has 0 atom stereocenters. The summed E-state index contributed by atoms with van der Waals surface area (Å²) in [5, 5.41) is 0. The Kier molecular flexibility index (Phi) is 4.15. The summed E-state index contributed by atoms with van der Waals surface area (Å²) >= 11 is 0. The Morgan fingerprint density at radius 3 is 2.41 bits per heavy atom. The van der Waals surface area contributed by atoms with Crippen molar-refractivity contribution in [3.05, 3.63) is 53.1 Å². The maximum absolute atomic E-state index is 12.4. The molecule has 8 nitrogen and oxygen atoms in total. The molecule has 0 aromatic heterocycles. The van der Waals surface area contributed by atoms with Crippen LogP contribution in [0, 0.1) is 0 Å². The van der Waals surface area contributed by atoms with Crippen molar-refractivity contribution in [2.45, 2.75) is 0 Å². The van der Waals surface area contributed by atoms with E-state index in [-0.39, 0.29) is 5.56 Å². The quantitative estimate of drug-likeness (QED) is 0.600. The van der Waals surface area contributed by atoms with Crippen molar-refractivity contribution in [3.8, 4) is 17.2 Å². The van der Waals surface area contributed by atoms with Crippen molar-refractivity contribution in [1.82, 2.24) is 4.90 Å². The van der Waals surface area contributed by atoms with Crippen LogP contribution in [0.25, 0.3) is 0 Å². The van der Waals surface area contributed by atoms with Crippen molar-refractivity contribution < 1.29 is 33.3 Å². The van der Waals surface area contributed by atoms with Gasteiger partial charge in [0.1, 0.15) is 13.2 Å². The molecule has 138 valence electrons. The highest BCUT2D eigenvalue weighted by atomic mass is 16.6. The molecule has 4 rings (SSSR count). The summed E-state index contributed by atoms with van der Waals surface area (Å²) in [5.41, 5.74) is 0.742. The lowest BCUT2D eigenvalue weighted by molar-refractivity contribution is 0.0227. The summed E-state index contributed by atoms with van der Waals surface area (Å²) < 4.78 is 21.4. The van der Waals surface area contributed by atoms with Crippen LogP contribution in [-0.2, 0) is 4.74 Å². The number of amides is 2. The van der Waals surface area contributed by atoms with E-state index in [4.69, 9.17) is 18.9 Å². The van der Waals surface area contributed by atoms with Gasteiger partial charge >= 0.3 is 5.97 Å². The Morgan fingerprint density at radius 2 is 1.74 bits per heavy atom. The number of imide groups is 1. The highest BCUT2D eigenvalue weighted by molar-refractivity contribution is 6.21. The maximum Gasteiger partial charge on any atom is 0.340 e. The van der Waals surface area contributed by atoms with E-state index in [0.29, 0.717) is 41.6 Å². The summed E-state index contributed by atoms with van der Waals surface area (Å²) in [5.74, 6) is -0.595. The Bertz CT molecular complexity index is 901. The molecule has 2 aliphatic rings. The zero-order valence-electron chi connectivity index (χ0n) is 14.4. The topological polar surface area (TPSA) is 91.4 Å². The van der Waals surface area contributed by atoms with Gasteiger partial charge in [0.2, 0.25) is 5.75 Å². The molecule has 0 saturated carbocycles. The lowest BCUT2D eigenvalue weighted by Gasteiger charge is -2.21. The second-order valence-electron chi connectivity index (χ2n) is 5.85. The number of methoxy groups -OCH3 is 1. The number of rotatable bonds is 4. The molecule has 0 N–H and O–H groups in total. The van der Waals surface area contributed by atoms with Crippen molar-refractivity contribution in [2.75, 3.05) is 27.1 Å². The lowest BCUT2D eigenvalue weighted by atomic mass is 10.1. The third-order valence-corrected chi connectivity index (χ3v) is 4.27.